The van der Waals surface area contributed by atoms with E-state index < -0.39 is 0 Å². The lowest BCUT2D eigenvalue weighted by Crippen LogP contribution is -2.18. The Bertz CT molecular complexity index is 809. The molecule has 1 unspecified atom stereocenters. The minimum Gasteiger partial charge on any atom is -0.247 e. The van der Waals surface area contributed by atoms with Crippen molar-refractivity contribution in [2.24, 2.45) is 18.9 Å². The molecule has 1 atom stereocenters. The Balaban J connectivity index is 0.000000758. The normalized spacial score (nSPS) is 18.8. The number of fused-ring (bicyclic) bond motifs is 3. The largest absolute Gasteiger partial charge is 0.247 e. The highest BCUT2D eigenvalue weighted by Gasteiger charge is 2.28. The molecule has 0 spiro atoms. The van der Waals surface area contributed by atoms with Crippen molar-refractivity contribution in [1.29, 1.82) is 0 Å². The molecule has 1 aromatic carbocycles. The van der Waals surface area contributed by atoms with Gasteiger partial charge in [0.05, 0.1) is 5.69 Å². The lowest BCUT2D eigenvalue weighted by Gasteiger charge is -2.28. The number of aromatic nitrogens is 3. The molecule has 0 N–H and O–H groups in total. The van der Waals surface area contributed by atoms with Gasteiger partial charge in [0.2, 0.25) is 0 Å². The fourth-order valence-electron chi connectivity index (χ4n) is 3.52. The molecule has 1 aliphatic carbocycles. The first kappa shape index (κ1) is 19.9. The van der Waals surface area contributed by atoms with Gasteiger partial charge in [-0.3, -0.25) is 0 Å². The maximum atomic E-state index is 4.43. The SMILES string of the molecule is C=C/C1=C(\C=C)C(C(C)C)Cc2ccccc2-c2nnn(C)c21.CCC. The first-order valence-electron chi connectivity index (χ1n) is 9.47. The van der Waals surface area contributed by atoms with Crippen LogP contribution in [0.25, 0.3) is 16.8 Å². The summed E-state index contributed by atoms with van der Waals surface area (Å²) in [6, 6.07) is 8.50. The molecular weight excluding hydrogens is 318 g/mol. The lowest BCUT2D eigenvalue weighted by molar-refractivity contribution is 0.449. The Hall–Kier alpha value is -2.42. The van der Waals surface area contributed by atoms with Gasteiger partial charge in [0.15, 0.2) is 0 Å². The van der Waals surface area contributed by atoms with Gasteiger partial charge in [0.25, 0.3) is 0 Å². The fourth-order valence-corrected chi connectivity index (χ4v) is 3.52. The predicted molar refractivity (Wildman–Crippen MR) is 112 cm³/mol. The molecule has 0 amide bonds. The second kappa shape index (κ2) is 8.79. The summed E-state index contributed by atoms with van der Waals surface area (Å²) >= 11 is 0. The van der Waals surface area contributed by atoms with Gasteiger partial charge in [0.1, 0.15) is 5.69 Å². The Morgan fingerprint density at radius 2 is 1.85 bits per heavy atom. The topological polar surface area (TPSA) is 30.7 Å². The van der Waals surface area contributed by atoms with E-state index in [1.54, 1.807) is 0 Å². The summed E-state index contributed by atoms with van der Waals surface area (Å²) in [5.41, 5.74) is 6.76. The molecule has 0 radical (unpaired) electrons. The number of nitrogens with zero attached hydrogens (tertiary/aromatic N) is 3. The van der Waals surface area contributed by atoms with E-state index in [1.165, 1.54) is 23.1 Å². The highest BCUT2D eigenvalue weighted by atomic mass is 15.4. The average molecular weight is 350 g/mol. The summed E-state index contributed by atoms with van der Waals surface area (Å²) in [5, 5.41) is 8.70. The number of hydrogen-bond acceptors (Lipinski definition) is 2. The van der Waals surface area contributed by atoms with Crippen molar-refractivity contribution in [1.82, 2.24) is 15.0 Å². The van der Waals surface area contributed by atoms with Crippen LogP contribution in [0.15, 0.2) is 55.1 Å². The molecular formula is C23H31N3. The summed E-state index contributed by atoms with van der Waals surface area (Å²) in [5.74, 6) is 0.901. The summed E-state index contributed by atoms with van der Waals surface area (Å²) in [6.07, 6.45) is 6.12. The number of rotatable bonds is 3. The van der Waals surface area contributed by atoms with Crippen LogP contribution in [-0.4, -0.2) is 15.0 Å². The van der Waals surface area contributed by atoms with Crippen LogP contribution < -0.4 is 0 Å². The lowest BCUT2D eigenvalue weighted by atomic mass is 9.77. The van der Waals surface area contributed by atoms with Gasteiger partial charge in [-0.2, -0.15) is 0 Å². The highest BCUT2D eigenvalue weighted by molar-refractivity contribution is 5.86. The van der Waals surface area contributed by atoms with Crippen LogP contribution in [0, 0.1) is 11.8 Å². The predicted octanol–water partition coefficient (Wildman–Crippen LogP) is 5.85. The van der Waals surface area contributed by atoms with E-state index in [-0.39, 0.29) is 0 Å². The maximum absolute atomic E-state index is 4.43. The minimum atomic E-state index is 0.393. The third kappa shape index (κ3) is 3.72. The van der Waals surface area contributed by atoms with Crippen LogP contribution in [0.5, 0.6) is 0 Å². The van der Waals surface area contributed by atoms with E-state index in [1.807, 2.05) is 23.9 Å². The maximum Gasteiger partial charge on any atom is 0.121 e. The van der Waals surface area contributed by atoms with Crippen molar-refractivity contribution in [2.45, 2.75) is 40.5 Å². The second-order valence-corrected chi connectivity index (χ2v) is 7.11. The Morgan fingerprint density at radius 3 is 2.42 bits per heavy atom. The van der Waals surface area contributed by atoms with Crippen LogP contribution in [0.4, 0.5) is 0 Å². The molecule has 1 aromatic heterocycles. The summed E-state index contributed by atoms with van der Waals surface area (Å²) < 4.78 is 1.84. The van der Waals surface area contributed by atoms with Crippen molar-refractivity contribution in [2.75, 3.05) is 0 Å². The first-order chi connectivity index (χ1) is 12.5. The fraction of sp³-hybridized carbons (Fsp3) is 0.391. The minimum absolute atomic E-state index is 0.393. The zero-order chi connectivity index (χ0) is 19.3. The Labute approximate surface area is 158 Å². The van der Waals surface area contributed by atoms with Gasteiger partial charge in [-0.05, 0) is 29.4 Å². The monoisotopic (exact) mass is 349 g/mol. The van der Waals surface area contributed by atoms with Crippen molar-refractivity contribution >= 4 is 5.57 Å². The van der Waals surface area contributed by atoms with E-state index in [0.717, 1.165) is 23.4 Å². The summed E-state index contributed by atoms with van der Waals surface area (Å²) in [7, 11) is 1.94. The standard InChI is InChI=1S/C20H23N3.C3H8/c1-6-15-16(7-2)20-19(21-22-23(20)5)17-11-9-8-10-14(17)12-18(15)13(3)4;1-3-2/h6-11,13,18H,1-2,12H2,3-5H3;3H2,1-2H3/b16-15-;. The molecule has 3 rings (SSSR count). The Morgan fingerprint density at radius 1 is 1.19 bits per heavy atom. The molecule has 1 aliphatic rings. The molecule has 3 nitrogen and oxygen atoms in total. The Kier molecular flexibility index (Phi) is 6.73. The van der Waals surface area contributed by atoms with Gasteiger partial charge in [-0.25, -0.2) is 4.68 Å². The number of hydrogen-bond donors (Lipinski definition) is 0. The van der Waals surface area contributed by atoms with Gasteiger partial charge < -0.3 is 0 Å². The van der Waals surface area contributed by atoms with Crippen molar-refractivity contribution < 1.29 is 0 Å². The highest BCUT2D eigenvalue weighted by Crippen LogP contribution is 2.40. The van der Waals surface area contributed by atoms with Crippen molar-refractivity contribution in [3.05, 3.63) is 66.4 Å². The number of allylic oxidation sites excluding steroid dienone is 4. The summed E-state index contributed by atoms with van der Waals surface area (Å²) in [4.78, 5) is 0. The average Bonchev–Trinajstić information content (AvgIpc) is 2.98. The third-order valence-electron chi connectivity index (χ3n) is 4.73. The smallest absolute Gasteiger partial charge is 0.121 e. The molecule has 2 aromatic rings. The van der Waals surface area contributed by atoms with Crippen molar-refractivity contribution in [3.8, 4) is 11.3 Å². The molecule has 0 fully saturated rings. The molecule has 138 valence electrons. The molecule has 0 bridgehead atoms. The molecule has 26 heavy (non-hydrogen) atoms. The molecule has 3 heteroatoms. The molecule has 1 heterocycles. The molecule has 0 aliphatic heterocycles. The van der Waals surface area contributed by atoms with Gasteiger partial charge in [-0.1, -0.05) is 88.9 Å². The van der Waals surface area contributed by atoms with E-state index in [4.69, 9.17) is 0 Å². The quantitative estimate of drug-likeness (QED) is 0.695. The van der Waals surface area contributed by atoms with Crippen LogP contribution in [0.1, 0.15) is 45.4 Å². The molecule has 0 saturated heterocycles. The van der Waals surface area contributed by atoms with E-state index in [9.17, 15) is 0 Å². The zero-order valence-electron chi connectivity index (χ0n) is 16.8. The molecule has 0 saturated carbocycles. The van der Waals surface area contributed by atoms with Crippen LogP contribution in [0.2, 0.25) is 0 Å². The first-order valence-corrected chi connectivity index (χ1v) is 9.47. The zero-order valence-corrected chi connectivity index (χ0v) is 16.8. The van der Waals surface area contributed by atoms with Crippen molar-refractivity contribution in [3.63, 3.8) is 0 Å². The van der Waals surface area contributed by atoms with E-state index in [0.29, 0.717) is 11.8 Å². The van der Waals surface area contributed by atoms with Crippen LogP contribution in [0.3, 0.4) is 0 Å². The van der Waals surface area contributed by atoms with E-state index in [2.05, 4.69) is 75.4 Å². The van der Waals surface area contributed by atoms with Gasteiger partial charge >= 0.3 is 0 Å². The summed E-state index contributed by atoms with van der Waals surface area (Å²) in [6.45, 7) is 16.9. The number of benzene rings is 1. The van der Waals surface area contributed by atoms with E-state index >= 15 is 0 Å². The van der Waals surface area contributed by atoms with Crippen LogP contribution in [-0.2, 0) is 13.5 Å². The van der Waals surface area contributed by atoms with Gasteiger partial charge in [0, 0.05) is 18.2 Å². The van der Waals surface area contributed by atoms with Gasteiger partial charge in [-0.15, -0.1) is 5.10 Å². The van der Waals surface area contributed by atoms with Crippen LogP contribution >= 0.6 is 0 Å². The number of aryl methyl sites for hydroxylation is 1. The second-order valence-electron chi connectivity index (χ2n) is 7.11. The third-order valence-corrected chi connectivity index (χ3v) is 4.73.